The lowest BCUT2D eigenvalue weighted by Crippen LogP contribution is -2.42. The second-order valence-electron chi connectivity index (χ2n) is 5.53. The molecular formula is C11H19NO3. The summed E-state index contributed by atoms with van der Waals surface area (Å²) >= 11 is 0. The van der Waals surface area contributed by atoms with E-state index >= 15 is 0 Å². The van der Waals surface area contributed by atoms with Gasteiger partial charge >= 0.3 is 6.09 Å². The highest BCUT2D eigenvalue weighted by Gasteiger charge is 2.48. The van der Waals surface area contributed by atoms with Gasteiger partial charge in [0.25, 0.3) is 0 Å². The van der Waals surface area contributed by atoms with Crippen LogP contribution in [0.25, 0.3) is 0 Å². The standard InChI is InChI=1S/C11H19NO3/c1-11(2,3)15-10(14)12-6-7-4-5-8(12)9(7)13/h7-9,13H,4-6H2,1-3H3/t7?,8?,9-/m1/s1. The van der Waals surface area contributed by atoms with Crippen LogP contribution in [-0.4, -0.2) is 40.4 Å². The molecule has 2 fully saturated rings. The van der Waals surface area contributed by atoms with E-state index in [0.29, 0.717) is 6.54 Å². The van der Waals surface area contributed by atoms with Crippen LogP contribution < -0.4 is 0 Å². The van der Waals surface area contributed by atoms with Crippen molar-refractivity contribution in [3.8, 4) is 0 Å². The molecular weight excluding hydrogens is 194 g/mol. The maximum atomic E-state index is 11.8. The van der Waals surface area contributed by atoms with Crippen molar-refractivity contribution in [3.63, 3.8) is 0 Å². The van der Waals surface area contributed by atoms with Crippen molar-refractivity contribution in [3.05, 3.63) is 0 Å². The molecule has 1 saturated heterocycles. The maximum absolute atomic E-state index is 11.8. The summed E-state index contributed by atoms with van der Waals surface area (Å²) in [4.78, 5) is 13.5. The molecule has 0 aromatic heterocycles. The smallest absolute Gasteiger partial charge is 0.410 e. The van der Waals surface area contributed by atoms with Crippen LogP contribution in [0.4, 0.5) is 4.79 Å². The molecule has 1 N–H and O–H groups in total. The molecule has 4 heteroatoms. The van der Waals surface area contributed by atoms with Crippen LogP contribution >= 0.6 is 0 Å². The summed E-state index contributed by atoms with van der Waals surface area (Å²) in [5.41, 5.74) is -0.454. The fourth-order valence-electron chi connectivity index (χ4n) is 2.50. The fourth-order valence-corrected chi connectivity index (χ4v) is 2.50. The molecule has 4 nitrogen and oxygen atoms in total. The molecule has 2 rings (SSSR count). The van der Waals surface area contributed by atoms with Gasteiger partial charge in [-0.1, -0.05) is 0 Å². The molecule has 3 atom stereocenters. The highest BCUT2D eigenvalue weighted by atomic mass is 16.6. The fraction of sp³-hybridized carbons (Fsp3) is 0.909. The number of amides is 1. The Hall–Kier alpha value is -0.770. The van der Waals surface area contributed by atoms with E-state index < -0.39 is 5.60 Å². The quantitative estimate of drug-likeness (QED) is 0.661. The second kappa shape index (κ2) is 3.37. The summed E-state index contributed by atoms with van der Waals surface area (Å²) in [7, 11) is 0. The molecule has 1 aliphatic carbocycles. The summed E-state index contributed by atoms with van der Waals surface area (Å²) in [6.07, 6.45) is 1.32. The normalized spacial score (nSPS) is 34.7. The Morgan fingerprint density at radius 3 is 2.47 bits per heavy atom. The van der Waals surface area contributed by atoms with Crippen molar-refractivity contribution in [1.29, 1.82) is 0 Å². The molecule has 0 aromatic rings. The van der Waals surface area contributed by atoms with E-state index in [-0.39, 0.29) is 24.2 Å². The van der Waals surface area contributed by atoms with Crippen LogP contribution in [0.15, 0.2) is 0 Å². The molecule has 0 radical (unpaired) electrons. The largest absolute Gasteiger partial charge is 0.444 e. The van der Waals surface area contributed by atoms with E-state index in [4.69, 9.17) is 4.74 Å². The third-order valence-electron chi connectivity index (χ3n) is 3.17. The Kier molecular flexibility index (Phi) is 2.41. The van der Waals surface area contributed by atoms with Gasteiger partial charge in [0.1, 0.15) is 5.60 Å². The first-order valence-electron chi connectivity index (χ1n) is 5.56. The predicted octanol–water partition coefficient (Wildman–Crippen LogP) is 1.38. The Balaban J connectivity index is 1.99. The zero-order chi connectivity index (χ0) is 11.2. The molecule has 1 heterocycles. The number of aliphatic hydroxyl groups excluding tert-OH is 1. The molecule has 15 heavy (non-hydrogen) atoms. The van der Waals surface area contributed by atoms with Crippen LogP contribution in [0.3, 0.4) is 0 Å². The van der Waals surface area contributed by atoms with Gasteiger partial charge in [-0.15, -0.1) is 0 Å². The molecule has 2 aliphatic rings. The molecule has 1 aliphatic heterocycles. The first-order valence-corrected chi connectivity index (χ1v) is 5.56. The van der Waals surface area contributed by atoms with Crippen molar-refractivity contribution < 1.29 is 14.6 Å². The van der Waals surface area contributed by atoms with Gasteiger partial charge < -0.3 is 14.7 Å². The molecule has 0 aromatic carbocycles. The predicted molar refractivity (Wildman–Crippen MR) is 55.5 cm³/mol. The number of rotatable bonds is 0. The number of likely N-dealkylation sites (tertiary alicyclic amines) is 1. The third-order valence-corrected chi connectivity index (χ3v) is 3.17. The summed E-state index contributed by atoms with van der Waals surface area (Å²) in [6, 6.07) is -0.00940. The van der Waals surface area contributed by atoms with Gasteiger partial charge in [-0.2, -0.15) is 0 Å². The van der Waals surface area contributed by atoms with Crippen molar-refractivity contribution >= 4 is 6.09 Å². The molecule has 0 spiro atoms. The van der Waals surface area contributed by atoms with E-state index in [1.807, 2.05) is 20.8 Å². The Bertz CT molecular complexity index is 271. The lowest BCUT2D eigenvalue weighted by atomic mass is 10.1. The van der Waals surface area contributed by atoms with Crippen molar-refractivity contribution in [1.82, 2.24) is 4.90 Å². The van der Waals surface area contributed by atoms with E-state index in [9.17, 15) is 9.90 Å². The van der Waals surface area contributed by atoms with Crippen molar-refractivity contribution in [2.75, 3.05) is 6.54 Å². The number of hydrogen-bond acceptors (Lipinski definition) is 3. The number of ether oxygens (including phenoxy) is 1. The lowest BCUT2D eigenvalue weighted by molar-refractivity contribution is 0.0151. The average Bonchev–Trinajstić information content (AvgIpc) is 2.59. The SMILES string of the molecule is CC(C)(C)OC(=O)N1CC2CCC1[C@@H]2O. The van der Waals surface area contributed by atoms with E-state index in [2.05, 4.69) is 0 Å². The van der Waals surface area contributed by atoms with Crippen LogP contribution in [0.5, 0.6) is 0 Å². The van der Waals surface area contributed by atoms with Gasteiger partial charge in [-0.05, 0) is 33.6 Å². The molecule has 1 amide bonds. The Morgan fingerprint density at radius 1 is 1.40 bits per heavy atom. The number of aliphatic hydroxyl groups is 1. The number of piperidine rings is 1. The minimum atomic E-state index is -0.454. The zero-order valence-corrected chi connectivity index (χ0v) is 9.56. The first kappa shape index (κ1) is 10.7. The molecule has 2 unspecified atom stereocenters. The zero-order valence-electron chi connectivity index (χ0n) is 9.56. The molecule has 2 bridgehead atoms. The van der Waals surface area contributed by atoms with Gasteiger partial charge in [0, 0.05) is 12.5 Å². The van der Waals surface area contributed by atoms with Crippen molar-refractivity contribution in [2.24, 2.45) is 5.92 Å². The monoisotopic (exact) mass is 213 g/mol. The van der Waals surface area contributed by atoms with E-state index in [1.54, 1.807) is 4.90 Å². The number of nitrogens with zero attached hydrogens (tertiary/aromatic N) is 1. The van der Waals surface area contributed by atoms with Gasteiger partial charge in [-0.25, -0.2) is 4.79 Å². The summed E-state index contributed by atoms with van der Waals surface area (Å²) in [6.45, 7) is 6.22. The Labute approximate surface area is 90.2 Å². The minimum Gasteiger partial charge on any atom is -0.444 e. The highest BCUT2D eigenvalue weighted by Crippen LogP contribution is 2.38. The highest BCUT2D eigenvalue weighted by molar-refractivity contribution is 5.69. The summed E-state index contributed by atoms with van der Waals surface area (Å²) in [5, 5.41) is 9.80. The number of carbonyl (C=O) groups excluding carboxylic acids is 1. The third kappa shape index (κ3) is 1.95. The number of carbonyl (C=O) groups is 1. The van der Waals surface area contributed by atoms with Crippen LogP contribution in [0.1, 0.15) is 33.6 Å². The first-order chi connectivity index (χ1) is 6.88. The van der Waals surface area contributed by atoms with E-state index in [0.717, 1.165) is 12.8 Å². The van der Waals surface area contributed by atoms with Crippen molar-refractivity contribution in [2.45, 2.75) is 51.4 Å². The lowest BCUT2D eigenvalue weighted by Gasteiger charge is -2.29. The number of hydrogen-bond donors (Lipinski definition) is 1. The summed E-state index contributed by atoms with van der Waals surface area (Å²) in [5.74, 6) is 0.266. The van der Waals surface area contributed by atoms with Crippen LogP contribution in [0, 0.1) is 5.92 Å². The van der Waals surface area contributed by atoms with Gasteiger partial charge in [-0.3, -0.25) is 0 Å². The van der Waals surface area contributed by atoms with Gasteiger partial charge in [0.2, 0.25) is 0 Å². The van der Waals surface area contributed by atoms with Gasteiger partial charge in [0.15, 0.2) is 0 Å². The average molecular weight is 213 g/mol. The number of fused-ring (bicyclic) bond motifs is 2. The second-order valence-corrected chi connectivity index (χ2v) is 5.53. The minimum absolute atomic E-state index is 0.00940. The van der Waals surface area contributed by atoms with Gasteiger partial charge in [0.05, 0.1) is 12.1 Å². The van der Waals surface area contributed by atoms with Crippen LogP contribution in [0.2, 0.25) is 0 Å². The summed E-state index contributed by atoms with van der Waals surface area (Å²) < 4.78 is 5.30. The van der Waals surface area contributed by atoms with Crippen LogP contribution in [-0.2, 0) is 4.74 Å². The van der Waals surface area contributed by atoms with E-state index in [1.165, 1.54) is 0 Å². The molecule has 86 valence electrons. The topological polar surface area (TPSA) is 49.8 Å². The Morgan fingerprint density at radius 2 is 2.07 bits per heavy atom. The maximum Gasteiger partial charge on any atom is 0.410 e. The molecule has 1 saturated carbocycles.